The van der Waals surface area contributed by atoms with Crippen molar-refractivity contribution in [2.24, 2.45) is 23.7 Å². The van der Waals surface area contributed by atoms with E-state index in [9.17, 15) is 14.6 Å². The van der Waals surface area contributed by atoms with E-state index in [1.165, 1.54) is 5.57 Å². The Morgan fingerprint density at radius 3 is 1.83 bits per heavy atom. The molecule has 0 saturated heterocycles. The summed E-state index contributed by atoms with van der Waals surface area (Å²) in [5, 5.41) is 70.6. The Bertz CT molecular complexity index is 562. The van der Waals surface area contributed by atoms with Crippen LogP contribution in [0.3, 0.4) is 0 Å². The molecule has 0 radical (unpaired) electrons. The fourth-order valence-corrected chi connectivity index (χ4v) is 4.51. The molecule has 8 N–H and O–H groups in total. The highest BCUT2D eigenvalue weighted by Gasteiger charge is 2.43. The lowest BCUT2D eigenvalue weighted by atomic mass is 10.0. The van der Waals surface area contributed by atoms with E-state index in [-0.39, 0.29) is 32.3 Å². The standard InChI is InChI=1S/C7H14O3.C7H12O.C6H11FO2.C6H14O2/c1-5-2-6(9)7(10,3-5)4-8;1-6-2-3-7(4-6)5-8;1-3-2-4(8)6(9)5(3)7;1-2-6(5-8)3-4-7/h5-6,8-10H,2-4H2,1H3;3,6,8H,2,4-5H2,1H3;3-6,8-9H,2H2,1H3;6-8H,2-5H2,1H3/t5-,6-,7-;6-;3-,4+,5-,6-;/m001./s1. The van der Waals surface area contributed by atoms with Crippen molar-refractivity contribution in [3.05, 3.63) is 11.6 Å². The Kier molecular flexibility index (Phi) is 17.4. The molecule has 0 spiro atoms. The number of aliphatic hydroxyl groups excluding tert-OH is 7. The highest BCUT2D eigenvalue weighted by molar-refractivity contribution is 5.09. The van der Waals surface area contributed by atoms with Gasteiger partial charge in [0.2, 0.25) is 0 Å². The van der Waals surface area contributed by atoms with Crippen molar-refractivity contribution in [3.63, 3.8) is 0 Å². The van der Waals surface area contributed by atoms with Gasteiger partial charge in [0.1, 0.15) is 17.9 Å². The zero-order chi connectivity index (χ0) is 27.2. The number of hydrogen-bond donors (Lipinski definition) is 8. The lowest BCUT2D eigenvalue weighted by Gasteiger charge is -2.23. The summed E-state index contributed by atoms with van der Waals surface area (Å²) in [5.41, 5.74) is -0.00289. The van der Waals surface area contributed by atoms with Gasteiger partial charge in [-0.25, -0.2) is 4.39 Å². The molecule has 0 aliphatic heterocycles. The zero-order valence-electron chi connectivity index (χ0n) is 21.9. The first kappa shape index (κ1) is 34.4. The SMILES string of the molecule is CCC(CO)CCO.C[C@@H]1C[C@H](O)[C@@H](O)[C@@H]1F.C[C@H]1CC=C(CO)C1.C[C@H]1C[C@H](O)[C@@](O)(CO)C1. The first-order chi connectivity index (χ1) is 16.4. The second kappa shape index (κ2) is 17.7. The Morgan fingerprint density at radius 1 is 1.03 bits per heavy atom. The minimum Gasteiger partial charge on any atom is -0.396 e. The van der Waals surface area contributed by atoms with Crippen LogP contribution in [0.2, 0.25) is 0 Å². The highest BCUT2D eigenvalue weighted by Crippen LogP contribution is 2.34. The largest absolute Gasteiger partial charge is 0.396 e. The summed E-state index contributed by atoms with van der Waals surface area (Å²) in [6, 6.07) is 0. The smallest absolute Gasteiger partial charge is 0.131 e. The van der Waals surface area contributed by atoms with E-state index in [0.29, 0.717) is 31.1 Å². The molecule has 0 aromatic carbocycles. The van der Waals surface area contributed by atoms with Crippen LogP contribution in [0.1, 0.15) is 72.6 Å². The third kappa shape index (κ3) is 12.4. The summed E-state index contributed by atoms with van der Waals surface area (Å²) in [4.78, 5) is 0. The zero-order valence-corrected chi connectivity index (χ0v) is 21.9. The molecular formula is C26H51FO8. The van der Waals surface area contributed by atoms with Gasteiger partial charge in [-0.05, 0) is 67.8 Å². The van der Waals surface area contributed by atoms with Crippen LogP contribution in [0.15, 0.2) is 11.6 Å². The fraction of sp³-hybridized carbons (Fsp3) is 0.923. The van der Waals surface area contributed by atoms with E-state index < -0.39 is 30.1 Å². The van der Waals surface area contributed by atoms with Crippen LogP contribution in [-0.2, 0) is 0 Å². The topological polar surface area (TPSA) is 162 Å². The van der Waals surface area contributed by atoms with Crippen molar-refractivity contribution in [2.45, 2.75) is 103 Å². The van der Waals surface area contributed by atoms with Gasteiger partial charge in [0.25, 0.3) is 0 Å². The molecule has 0 aromatic rings. The Hall–Kier alpha value is -0.650. The van der Waals surface area contributed by atoms with E-state index in [1.54, 1.807) is 6.92 Å². The van der Waals surface area contributed by atoms with Crippen LogP contribution < -0.4 is 0 Å². The van der Waals surface area contributed by atoms with Crippen LogP contribution >= 0.6 is 0 Å². The number of rotatable bonds is 6. The van der Waals surface area contributed by atoms with Gasteiger partial charge in [-0.3, -0.25) is 0 Å². The van der Waals surface area contributed by atoms with Gasteiger partial charge < -0.3 is 40.9 Å². The van der Waals surface area contributed by atoms with Crippen molar-refractivity contribution in [2.75, 3.05) is 26.4 Å². The number of aliphatic hydroxyl groups is 8. The average molecular weight is 511 g/mol. The molecule has 0 heterocycles. The number of hydrogen-bond acceptors (Lipinski definition) is 8. The monoisotopic (exact) mass is 510 g/mol. The van der Waals surface area contributed by atoms with Gasteiger partial charge >= 0.3 is 0 Å². The van der Waals surface area contributed by atoms with Gasteiger partial charge in [-0.2, -0.15) is 0 Å². The molecule has 2 fully saturated rings. The summed E-state index contributed by atoms with van der Waals surface area (Å²) in [5.74, 6) is 1.19. The molecular weight excluding hydrogens is 459 g/mol. The first-order valence-corrected chi connectivity index (χ1v) is 12.9. The van der Waals surface area contributed by atoms with Crippen molar-refractivity contribution in [1.29, 1.82) is 0 Å². The van der Waals surface area contributed by atoms with Crippen molar-refractivity contribution < 1.29 is 45.2 Å². The van der Waals surface area contributed by atoms with Crippen LogP contribution in [0.4, 0.5) is 4.39 Å². The second-order valence-electron chi connectivity index (χ2n) is 10.6. The highest BCUT2D eigenvalue weighted by atomic mass is 19.1. The predicted octanol–water partition coefficient (Wildman–Crippen LogP) is 1.31. The van der Waals surface area contributed by atoms with E-state index in [1.807, 2.05) is 13.8 Å². The minimum atomic E-state index is -1.24. The fourth-order valence-electron chi connectivity index (χ4n) is 4.51. The maximum atomic E-state index is 12.6. The normalized spacial score (nSPS) is 36.7. The molecule has 9 atom stereocenters. The van der Waals surface area contributed by atoms with E-state index in [0.717, 1.165) is 31.6 Å². The Labute approximate surface area is 210 Å². The van der Waals surface area contributed by atoms with Crippen LogP contribution in [0.5, 0.6) is 0 Å². The summed E-state index contributed by atoms with van der Waals surface area (Å²) in [6.45, 7) is 8.19. The second-order valence-corrected chi connectivity index (χ2v) is 10.6. The molecule has 0 amide bonds. The van der Waals surface area contributed by atoms with Crippen molar-refractivity contribution in [3.8, 4) is 0 Å². The van der Waals surface area contributed by atoms with Crippen LogP contribution in [0.25, 0.3) is 0 Å². The van der Waals surface area contributed by atoms with Gasteiger partial charge in [-0.15, -0.1) is 0 Å². The van der Waals surface area contributed by atoms with Crippen LogP contribution in [0, 0.1) is 23.7 Å². The van der Waals surface area contributed by atoms with Gasteiger partial charge in [-0.1, -0.05) is 40.2 Å². The number of alkyl halides is 1. The minimum absolute atomic E-state index is 0.194. The maximum absolute atomic E-state index is 12.6. The summed E-state index contributed by atoms with van der Waals surface area (Å²) < 4.78 is 12.6. The van der Waals surface area contributed by atoms with Gasteiger partial charge in [0.15, 0.2) is 0 Å². The number of allylic oxidation sites excluding steroid dienone is 1. The molecule has 3 rings (SSSR count). The molecule has 9 heteroatoms. The lowest BCUT2D eigenvalue weighted by molar-refractivity contribution is -0.0855. The third-order valence-electron chi connectivity index (χ3n) is 7.09. The summed E-state index contributed by atoms with van der Waals surface area (Å²) in [7, 11) is 0. The molecule has 3 aliphatic rings. The maximum Gasteiger partial charge on any atom is 0.131 e. The predicted molar refractivity (Wildman–Crippen MR) is 133 cm³/mol. The van der Waals surface area contributed by atoms with E-state index in [2.05, 4.69) is 13.0 Å². The van der Waals surface area contributed by atoms with Crippen LogP contribution in [-0.4, -0.2) is 97.4 Å². The summed E-state index contributed by atoms with van der Waals surface area (Å²) in [6.07, 6.45) is 3.59. The molecule has 8 nitrogen and oxygen atoms in total. The Morgan fingerprint density at radius 2 is 1.66 bits per heavy atom. The molecule has 2 saturated carbocycles. The third-order valence-corrected chi connectivity index (χ3v) is 7.09. The molecule has 1 unspecified atom stereocenters. The molecule has 35 heavy (non-hydrogen) atoms. The Balaban J connectivity index is 0.000000443. The molecule has 210 valence electrons. The molecule has 0 aromatic heterocycles. The quantitative estimate of drug-likeness (QED) is 0.248. The van der Waals surface area contributed by atoms with Crippen molar-refractivity contribution in [1.82, 2.24) is 0 Å². The van der Waals surface area contributed by atoms with Gasteiger partial charge in [0.05, 0.1) is 25.4 Å². The van der Waals surface area contributed by atoms with E-state index in [4.69, 9.17) is 30.6 Å². The average Bonchev–Trinajstić information content (AvgIpc) is 3.44. The first-order valence-electron chi connectivity index (χ1n) is 12.9. The van der Waals surface area contributed by atoms with Gasteiger partial charge in [0, 0.05) is 13.2 Å². The summed E-state index contributed by atoms with van der Waals surface area (Å²) >= 11 is 0. The van der Waals surface area contributed by atoms with E-state index >= 15 is 0 Å². The van der Waals surface area contributed by atoms with Crippen molar-refractivity contribution >= 4 is 0 Å². The molecule has 3 aliphatic carbocycles. The lowest BCUT2D eigenvalue weighted by Crippen LogP contribution is -2.40. The molecule has 0 bridgehead atoms. The number of halogens is 1.